The van der Waals surface area contributed by atoms with Crippen LogP contribution in [0.5, 0.6) is 0 Å². The average Bonchev–Trinajstić information content (AvgIpc) is 3.24. The van der Waals surface area contributed by atoms with Gasteiger partial charge in [0.2, 0.25) is 5.91 Å². The maximum Gasteiger partial charge on any atom is 0.234 e. The van der Waals surface area contributed by atoms with Gasteiger partial charge >= 0.3 is 0 Å². The highest BCUT2D eigenvalue weighted by Gasteiger charge is 2.18. The van der Waals surface area contributed by atoms with Crippen LogP contribution in [-0.2, 0) is 11.2 Å². The second-order valence-electron chi connectivity index (χ2n) is 7.28. The number of carbonyl (C=O) groups is 1. The molecule has 1 amide bonds. The van der Waals surface area contributed by atoms with Crippen molar-refractivity contribution in [2.45, 2.75) is 25.4 Å². The predicted molar refractivity (Wildman–Crippen MR) is 132 cm³/mol. The summed E-state index contributed by atoms with van der Waals surface area (Å²) in [5.74, 6) is 0.853. The predicted octanol–water partition coefficient (Wildman–Crippen LogP) is 6.19. The van der Waals surface area contributed by atoms with Crippen LogP contribution in [0.15, 0.2) is 78.0 Å². The lowest BCUT2D eigenvalue weighted by molar-refractivity contribution is -0.113. The molecule has 0 aliphatic heterocycles. The number of halogens is 1. The molecule has 1 aromatic heterocycles. The third-order valence-corrected chi connectivity index (χ3v) is 6.27. The number of thioether (sulfide) groups is 1. The fourth-order valence-electron chi connectivity index (χ4n) is 3.47. The van der Waals surface area contributed by atoms with E-state index < -0.39 is 0 Å². The molecular weight excluding hydrogens is 440 g/mol. The van der Waals surface area contributed by atoms with Crippen LogP contribution in [-0.4, -0.2) is 26.4 Å². The number of benzene rings is 3. The number of nitrogens with one attached hydrogen (secondary N) is 1. The summed E-state index contributed by atoms with van der Waals surface area (Å²) in [7, 11) is 0. The van der Waals surface area contributed by atoms with E-state index in [1.807, 2.05) is 84.3 Å². The first-order valence-corrected chi connectivity index (χ1v) is 11.7. The van der Waals surface area contributed by atoms with Gasteiger partial charge in [0, 0.05) is 22.0 Å². The van der Waals surface area contributed by atoms with Crippen LogP contribution in [0.25, 0.3) is 17.1 Å². The quantitative estimate of drug-likeness (QED) is 0.333. The standard InChI is InChI=1S/C25H23ClN4OS/c1-3-18-11-7-8-17(2)23(18)27-22(31)16-32-25-29-28-24(19-9-5-4-6-10-19)30(25)21-14-12-20(26)13-15-21/h4-15H,3,16H2,1-2H3,(H,27,31). The third-order valence-electron chi connectivity index (χ3n) is 5.09. The fourth-order valence-corrected chi connectivity index (χ4v) is 4.35. The Morgan fingerprint density at radius 3 is 2.47 bits per heavy atom. The number of hydrogen-bond acceptors (Lipinski definition) is 4. The van der Waals surface area contributed by atoms with Crippen LogP contribution < -0.4 is 5.32 Å². The van der Waals surface area contributed by atoms with E-state index in [1.54, 1.807) is 0 Å². The van der Waals surface area contributed by atoms with Crippen LogP contribution in [0, 0.1) is 6.92 Å². The van der Waals surface area contributed by atoms with Gasteiger partial charge < -0.3 is 5.32 Å². The summed E-state index contributed by atoms with van der Waals surface area (Å²) in [6, 6.07) is 23.4. The van der Waals surface area contributed by atoms with Crippen LogP contribution in [0.4, 0.5) is 5.69 Å². The molecule has 0 aliphatic carbocycles. The summed E-state index contributed by atoms with van der Waals surface area (Å²) in [5, 5.41) is 13.2. The minimum Gasteiger partial charge on any atom is -0.325 e. The maximum atomic E-state index is 12.8. The highest BCUT2D eigenvalue weighted by atomic mass is 35.5. The molecule has 4 rings (SSSR count). The molecule has 0 spiro atoms. The summed E-state index contributed by atoms with van der Waals surface area (Å²) >= 11 is 7.44. The van der Waals surface area contributed by atoms with E-state index in [4.69, 9.17) is 11.6 Å². The van der Waals surface area contributed by atoms with E-state index in [9.17, 15) is 4.79 Å². The van der Waals surface area contributed by atoms with Gasteiger partial charge in [-0.15, -0.1) is 10.2 Å². The number of aromatic nitrogens is 3. The molecule has 0 radical (unpaired) electrons. The third kappa shape index (κ3) is 4.87. The summed E-state index contributed by atoms with van der Waals surface area (Å²) < 4.78 is 1.95. The summed E-state index contributed by atoms with van der Waals surface area (Å²) in [5.41, 5.74) is 4.90. The number of carbonyl (C=O) groups excluding carboxylic acids is 1. The molecule has 0 unspecified atom stereocenters. The van der Waals surface area contributed by atoms with Gasteiger partial charge in [0.05, 0.1) is 5.75 Å². The molecule has 32 heavy (non-hydrogen) atoms. The van der Waals surface area contributed by atoms with Crippen molar-refractivity contribution < 1.29 is 4.79 Å². The molecule has 5 nitrogen and oxygen atoms in total. The van der Waals surface area contributed by atoms with E-state index >= 15 is 0 Å². The zero-order valence-electron chi connectivity index (χ0n) is 17.9. The number of aryl methyl sites for hydroxylation is 2. The number of para-hydroxylation sites is 1. The zero-order valence-corrected chi connectivity index (χ0v) is 19.5. The Hall–Kier alpha value is -3.09. The maximum absolute atomic E-state index is 12.8. The molecule has 0 fully saturated rings. The largest absolute Gasteiger partial charge is 0.325 e. The van der Waals surface area contributed by atoms with Crippen molar-refractivity contribution in [2.75, 3.05) is 11.1 Å². The molecule has 1 heterocycles. The Morgan fingerprint density at radius 1 is 1.00 bits per heavy atom. The Morgan fingerprint density at radius 2 is 1.75 bits per heavy atom. The van der Waals surface area contributed by atoms with Gasteiger partial charge in [0.15, 0.2) is 11.0 Å². The number of hydrogen-bond donors (Lipinski definition) is 1. The molecule has 0 bridgehead atoms. The smallest absolute Gasteiger partial charge is 0.234 e. The van der Waals surface area contributed by atoms with Gasteiger partial charge in [-0.05, 0) is 48.7 Å². The van der Waals surface area contributed by atoms with Crippen LogP contribution in [0.3, 0.4) is 0 Å². The topological polar surface area (TPSA) is 59.8 Å². The van der Waals surface area contributed by atoms with Crippen molar-refractivity contribution in [3.8, 4) is 17.1 Å². The van der Waals surface area contributed by atoms with Crippen molar-refractivity contribution >= 4 is 35.0 Å². The van der Waals surface area contributed by atoms with E-state index in [-0.39, 0.29) is 11.7 Å². The fraction of sp³-hybridized carbons (Fsp3) is 0.160. The molecule has 1 N–H and O–H groups in total. The van der Waals surface area contributed by atoms with Crippen LogP contribution >= 0.6 is 23.4 Å². The molecule has 0 aliphatic rings. The van der Waals surface area contributed by atoms with Crippen molar-refractivity contribution in [3.63, 3.8) is 0 Å². The molecule has 162 valence electrons. The van der Waals surface area contributed by atoms with E-state index in [2.05, 4.69) is 22.4 Å². The van der Waals surface area contributed by atoms with Gasteiger partial charge in [-0.25, -0.2) is 0 Å². The van der Waals surface area contributed by atoms with Gasteiger partial charge in [-0.3, -0.25) is 9.36 Å². The normalized spacial score (nSPS) is 10.8. The Labute approximate surface area is 196 Å². The van der Waals surface area contributed by atoms with Gasteiger partial charge in [-0.2, -0.15) is 0 Å². The highest BCUT2D eigenvalue weighted by Crippen LogP contribution is 2.29. The second kappa shape index (κ2) is 10.0. The molecule has 0 atom stereocenters. The molecule has 0 saturated heterocycles. The number of nitrogens with zero attached hydrogens (tertiary/aromatic N) is 3. The number of rotatable bonds is 7. The lowest BCUT2D eigenvalue weighted by Crippen LogP contribution is -2.16. The Bertz CT molecular complexity index is 1220. The first kappa shape index (κ1) is 22.1. The molecular formula is C25H23ClN4OS. The lowest BCUT2D eigenvalue weighted by atomic mass is 10.1. The Kier molecular flexibility index (Phi) is 6.93. The molecule has 4 aromatic rings. The van der Waals surface area contributed by atoms with Gasteiger partial charge in [0.1, 0.15) is 0 Å². The first-order chi connectivity index (χ1) is 15.6. The van der Waals surface area contributed by atoms with E-state index in [0.717, 1.165) is 34.5 Å². The monoisotopic (exact) mass is 462 g/mol. The lowest BCUT2D eigenvalue weighted by Gasteiger charge is -2.13. The van der Waals surface area contributed by atoms with Gasteiger partial charge in [-0.1, -0.05) is 78.8 Å². The Balaban J connectivity index is 1.60. The SMILES string of the molecule is CCc1cccc(C)c1NC(=O)CSc1nnc(-c2ccccc2)n1-c1ccc(Cl)cc1. The van der Waals surface area contributed by atoms with Crippen molar-refractivity contribution in [1.82, 2.24) is 14.8 Å². The molecule has 3 aromatic carbocycles. The van der Waals surface area contributed by atoms with E-state index in [1.165, 1.54) is 11.8 Å². The van der Waals surface area contributed by atoms with Gasteiger partial charge in [0.25, 0.3) is 0 Å². The minimum absolute atomic E-state index is 0.0779. The highest BCUT2D eigenvalue weighted by molar-refractivity contribution is 7.99. The van der Waals surface area contributed by atoms with Crippen molar-refractivity contribution in [2.24, 2.45) is 0 Å². The number of amides is 1. The molecule has 0 saturated carbocycles. The summed E-state index contributed by atoms with van der Waals surface area (Å²) in [6.07, 6.45) is 0.857. The number of anilines is 1. The van der Waals surface area contributed by atoms with E-state index in [0.29, 0.717) is 16.0 Å². The second-order valence-corrected chi connectivity index (χ2v) is 8.66. The minimum atomic E-state index is -0.0779. The van der Waals surface area contributed by atoms with Crippen molar-refractivity contribution in [3.05, 3.63) is 88.9 Å². The summed E-state index contributed by atoms with van der Waals surface area (Å²) in [6.45, 7) is 4.09. The average molecular weight is 463 g/mol. The summed E-state index contributed by atoms with van der Waals surface area (Å²) in [4.78, 5) is 12.8. The van der Waals surface area contributed by atoms with Crippen LogP contribution in [0.1, 0.15) is 18.1 Å². The zero-order chi connectivity index (χ0) is 22.5. The van der Waals surface area contributed by atoms with Crippen LogP contribution in [0.2, 0.25) is 5.02 Å². The van der Waals surface area contributed by atoms with Crippen molar-refractivity contribution in [1.29, 1.82) is 0 Å². The first-order valence-electron chi connectivity index (χ1n) is 10.3. The molecule has 7 heteroatoms.